The van der Waals surface area contributed by atoms with E-state index in [-0.39, 0.29) is 12.3 Å². The molecule has 0 aliphatic carbocycles. The van der Waals surface area contributed by atoms with Crippen LogP contribution in [0, 0.1) is 11.3 Å². The number of fused-ring (bicyclic) bond motifs is 2. The summed E-state index contributed by atoms with van der Waals surface area (Å²) in [5.41, 5.74) is 5.76. The maximum Gasteiger partial charge on any atom is 0.233 e. The van der Waals surface area contributed by atoms with Gasteiger partial charge in [-0.05, 0) is 47.5 Å². The van der Waals surface area contributed by atoms with Crippen LogP contribution in [0.15, 0.2) is 83.9 Å². The quantitative estimate of drug-likeness (QED) is 0.235. The lowest BCUT2D eigenvalue weighted by Gasteiger charge is -2.23. The molecule has 1 aliphatic rings. The summed E-state index contributed by atoms with van der Waals surface area (Å²) in [6.45, 7) is 1.39. The Hall–Kier alpha value is -4.88. The first-order valence-electron chi connectivity index (χ1n) is 13.3. The van der Waals surface area contributed by atoms with Gasteiger partial charge in [-0.15, -0.1) is 0 Å². The van der Waals surface area contributed by atoms with E-state index in [0.29, 0.717) is 30.9 Å². The van der Waals surface area contributed by atoms with Crippen LogP contribution < -0.4 is 14.4 Å². The molecule has 0 bridgehead atoms. The predicted octanol–water partition coefficient (Wildman–Crippen LogP) is 5.58. The molecule has 0 saturated carbocycles. The second-order valence-corrected chi connectivity index (χ2v) is 10.9. The number of para-hydroxylation sites is 1. The number of rotatable bonds is 7. The standard InChI is InChI=1S/C32H27BrN6O3/c1-41-29-6-4-3-5-26(29)27-18-37-17-23-9-10-24(33)12-28(23)39(19-31(37)36-27)32(40)13-25-15-35-20-38(25)16-21-7-8-22(14-34)30(11-21)42-2/h3-12,15,18,20H,13,16-17,19H2,1-2H3. The van der Waals surface area contributed by atoms with Gasteiger partial charge in [-0.3, -0.25) is 4.79 Å². The average molecular weight is 624 g/mol. The van der Waals surface area contributed by atoms with Gasteiger partial charge in [-0.25, -0.2) is 9.97 Å². The molecule has 2 aromatic heterocycles. The first kappa shape index (κ1) is 27.3. The van der Waals surface area contributed by atoms with E-state index in [1.165, 1.54) is 0 Å². The Morgan fingerprint density at radius 2 is 1.88 bits per heavy atom. The highest BCUT2D eigenvalue weighted by atomic mass is 79.9. The highest BCUT2D eigenvalue weighted by Gasteiger charge is 2.27. The number of ether oxygens (including phenoxy) is 2. The van der Waals surface area contributed by atoms with E-state index in [4.69, 9.17) is 14.5 Å². The van der Waals surface area contributed by atoms with Crippen molar-refractivity contribution in [3.63, 3.8) is 0 Å². The molecule has 0 atom stereocenters. The first-order valence-corrected chi connectivity index (χ1v) is 14.1. The number of benzene rings is 3. The summed E-state index contributed by atoms with van der Waals surface area (Å²) in [6.07, 6.45) is 5.61. The zero-order chi connectivity index (χ0) is 29.2. The van der Waals surface area contributed by atoms with Crippen LogP contribution in [0.1, 0.15) is 28.2 Å². The highest BCUT2D eigenvalue weighted by molar-refractivity contribution is 9.10. The van der Waals surface area contributed by atoms with Gasteiger partial charge in [0.25, 0.3) is 0 Å². The number of imidazole rings is 2. The van der Waals surface area contributed by atoms with Crippen LogP contribution in [0.2, 0.25) is 0 Å². The number of nitrogens with zero attached hydrogens (tertiary/aromatic N) is 6. The molecular weight excluding hydrogens is 596 g/mol. The Kier molecular flexibility index (Phi) is 7.50. The second kappa shape index (κ2) is 11.5. The van der Waals surface area contributed by atoms with Crippen molar-refractivity contribution in [2.45, 2.75) is 26.1 Å². The van der Waals surface area contributed by atoms with E-state index in [1.807, 2.05) is 65.4 Å². The molecule has 3 heterocycles. The summed E-state index contributed by atoms with van der Waals surface area (Å²) in [6, 6.07) is 21.4. The van der Waals surface area contributed by atoms with Crippen LogP contribution in [-0.4, -0.2) is 39.2 Å². The van der Waals surface area contributed by atoms with E-state index in [1.54, 1.807) is 37.7 Å². The molecule has 210 valence electrons. The normalized spacial score (nSPS) is 12.2. The van der Waals surface area contributed by atoms with E-state index in [2.05, 4.69) is 31.6 Å². The second-order valence-electron chi connectivity index (χ2n) is 9.96. The molecule has 3 aromatic carbocycles. The average Bonchev–Trinajstić information content (AvgIpc) is 3.58. The van der Waals surface area contributed by atoms with Gasteiger partial charge in [0.2, 0.25) is 5.91 Å². The lowest BCUT2D eigenvalue weighted by Crippen LogP contribution is -2.32. The van der Waals surface area contributed by atoms with Crippen molar-refractivity contribution in [2.75, 3.05) is 19.1 Å². The lowest BCUT2D eigenvalue weighted by atomic mass is 10.1. The Bertz CT molecular complexity index is 1840. The third kappa shape index (κ3) is 5.27. The smallest absolute Gasteiger partial charge is 0.233 e. The molecule has 0 saturated heterocycles. The van der Waals surface area contributed by atoms with Crippen molar-refractivity contribution in [3.8, 4) is 28.8 Å². The van der Waals surface area contributed by atoms with Crippen LogP contribution >= 0.6 is 15.9 Å². The molecule has 0 fully saturated rings. The molecule has 42 heavy (non-hydrogen) atoms. The summed E-state index contributed by atoms with van der Waals surface area (Å²) >= 11 is 3.59. The summed E-state index contributed by atoms with van der Waals surface area (Å²) in [7, 11) is 3.19. The molecular formula is C32H27BrN6O3. The number of hydrogen-bond donors (Lipinski definition) is 0. The minimum Gasteiger partial charge on any atom is -0.496 e. The fourth-order valence-corrected chi connectivity index (χ4v) is 5.62. The third-order valence-corrected chi connectivity index (χ3v) is 7.88. The molecule has 1 aliphatic heterocycles. The van der Waals surface area contributed by atoms with Gasteiger partial charge in [0, 0.05) is 34.7 Å². The van der Waals surface area contributed by atoms with Gasteiger partial charge in [0.1, 0.15) is 23.4 Å². The van der Waals surface area contributed by atoms with Crippen LogP contribution in [-0.2, 0) is 30.8 Å². The number of carbonyl (C=O) groups is 1. The fourth-order valence-electron chi connectivity index (χ4n) is 5.27. The minimum atomic E-state index is -0.0659. The number of hydrogen-bond acceptors (Lipinski definition) is 6. The summed E-state index contributed by atoms with van der Waals surface area (Å²) in [5, 5.41) is 9.31. The number of anilines is 1. The lowest BCUT2D eigenvalue weighted by molar-refractivity contribution is -0.118. The van der Waals surface area contributed by atoms with E-state index in [9.17, 15) is 10.1 Å². The van der Waals surface area contributed by atoms with Gasteiger partial charge in [-0.1, -0.05) is 40.2 Å². The van der Waals surface area contributed by atoms with Crippen molar-refractivity contribution in [1.29, 1.82) is 5.26 Å². The maximum atomic E-state index is 14.0. The van der Waals surface area contributed by atoms with Crippen molar-refractivity contribution in [2.24, 2.45) is 0 Å². The summed E-state index contributed by atoms with van der Waals surface area (Å²) < 4.78 is 15.9. The number of amides is 1. The summed E-state index contributed by atoms with van der Waals surface area (Å²) in [4.78, 5) is 25.1. The zero-order valence-corrected chi connectivity index (χ0v) is 24.7. The predicted molar refractivity (Wildman–Crippen MR) is 161 cm³/mol. The fraction of sp³-hybridized carbons (Fsp3) is 0.188. The Morgan fingerprint density at radius 3 is 2.69 bits per heavy atom. The van der Waals surface area contributed by atoms with Crippen molar-refractivity contribution in [3.05, 3.63) is 112 Å². The van der Waals surface area contributed by atoms with Crippen LogP contribution in [0.5, 0.6) is 11.5 Å². The SMILES string of the molecule is COc1cc(Cn2cncc2CC(=O)N2Cc3nc(-c4ccccc4OC)cn3Cc3ccc(Br)cc32)ccc1C#N. The van der Waals surface area contributed by atoms with Crippen molar-refractivity contribution < 1.29 is 14.3 Å². The molecule has 0 N–H and O–H groups in total. The minimum absolute atomic E-state index is 0.0659. The molecule has 0 unspecified atom stereocenters. The van der Waals surface area contributed by atoms with Gasteiger partial charge in [0.15, 0.2) is 0 Å². The third-order valence-electron chi connectivity index (χ3n) is 7.39. The molecule has 5 aromatic rings. The zero-order valence-electron chi connectivity index (χ0n) is 23.1. The summed E-state index contributed by atoms with van der Waals surface area (Å²) in [5.74, 6) is 1.98. The van der Waals surface area contributed by atoms with Gasteiger partial charge in [-0.2, -0.15) is 5.26 Å². The Balaban J connectivity index is 1.30. The van der Waals surface area contributed by atoms with Crippen LogP contribution in [0.3, 0.4) is 0 Å². The van der Waals surface area contributed by atoms with Crippen molar-refractivity contribution in [1.82, 2.24) is 19.1 Å². The highest BCUT2D eigenvalue weighted by Crippen LogP contribution is 2.34. The van der Waals surface area contributed by atoms with Crippen molar-refractivity contribution >= 4 is 27.5 Å². The van der Waals surface area contributed by atoms with Crippen LogP contribution in [0.4, 0.5) is 5.69 Å². The molecule has 0 spiro atoms. The molecule has 10 heteroatoms. The maximum absolute atomic E-state index is 14.0. The molecule has 1 amide bonds. The number of halogens is 1. The van der Waals surface area contributed by atoms with Crippen LogP contribution in [0.25, 0.3) is 11.3 Å². The number of nitriles is 1. The van der Waals surface area contributed by atoms with Gasteiger partial charge < -0.3 is 23.5 Å². The monoisotopic (exact) mass is 622 g/mol. The van der Waals surface area contributed by atoms with E-state index >= 15 is 0 Å². The Labute approximate surface area is 251 Å². The van der Waals surface area contributed by atoms with Gasteiger partial charge in [0.05, 0.1) is 57.0 Å². The topological polar surface area (TPSA) is 98.2 Å². The van der Waals surface area contributed by atoms with E-state index in [0.717, 1.165) is 49.8 Å². The number of aromatic nitrogens is 4. The molecule has 0 radical (unpaired) electrons. The van der Waals surface area contributed by atoms with E-state index < -0.39 is 0 Å². The first-order chi connectivity index (χ1) is 20.5. The molecule has 9 nitrogen and oxygen atoms in total. The largest absolute Gasteiger partial charge is 0.496 e. The number of methoxy groups -OCH3 is 2. The van der Waals surface area contributed by atoms with Gasteiger partial charge >= 0.3 is 0 Å². The Morgan fingerprint density at radius 1 is 1.05 bits per heavy atom. The number of carbonyl (C=O) groups excluding carboxylic acids is 1. The molecule has 6 rings (SSSR count).